The molecule has 6 nitrogen and oxygen atoms in total. The third-order valence-corrected chi connectivity index (χ3v) is 26.6. The van der Waals surface area contributed by atoms with E-state index in [-0.39, 0.29) is 6.16 Å². The van der Waals surface area contributed by atoms with E-state index in [4.69, 9.17) is 0 Å². The molecule has 0 bridgehead atoms. The summed E-state index contributed by atoms with van der Waals surface area (Å²) < 4.78 is 137. The van der Waals surface area contributed by atoms with E-state index >= 15 is 0 Å². The minimum absolute atomic E-state index is 0.147. The molecule has 0 aromatic heterocycles. The summed E-state index contributed by atoms with van der Waals surface area (Å²) in [5.41, 5.74) is -15.6. The van der Waals surface area contributed by atoms with E-state index in [0.717, 1.165) is 10.6 Å². The summed E-state index contributed by atoms with van der Waals surface area (Å²) in [4.78, 5) is -2.78. The molecular weight excluding hydrogens is 855 g/mol. The zero-order valence-electron chi connectivity index (χ0n) is 26.9. The van der Waals surface area contributed by atoms with Gasteiger partial charge in [0.05, 0.1) is 0 Å². The monoisotopic (exact) mass is 892 g/mol. The van der Waals surface area contributed by atoms with Gasteiger partial charge >= 0.3 is 305 Å². The third kappa shape index (κ3) is 7.79. The summed E-state index contributed by atoms with van der Waals surface area (Å²) in [6.07, 6.45) is -0.973. The van der Waals surface area contributed by atoms with Gasteiger partial charge in [-0.15, -0.1) is 0 Å². The molecule has 0 aliphatic carbocycles. The van der Waals surface area contributed by atoms with Crippen molar-refractivity contribution in [3.05, 3.63) is 121 Å². The molecule has 0 atom stereocenters. The number of nitrogens with one attached hydrogen (secondary N) is 1. The Hall–Kier alpha value is -2.13. The van der Waals surface area contributed by atoms with Gasteiger partial charge in [0, 0.05) is 0 Å². The molecule has 0 saturated carbocycles. The average molecular weight is 893 g/mol. The maximum absolute atomic E-state index is 14.3. The zero-order valence-corrected chi connectivity index (χ0v) is 32.7. The molecule has 0 aliphatic rings. The molecule has 0 heterocycles. The van der Waals surface area contributed by atoms with Gasteiger partial charge in [0.25, 0.3) is 0 Å². The van der Waals surface area contributed by atoms with E-state index in [1.165, 1.54) is 13.8 Å². The number of benzene rings is 4. The van der Waals surface area contributed by atoms with E-state index in [1.807, 2.05) is 60.7 Å². The van der Waals surface area contributed by atoms with Crippen LogP contribution in [0.5, 0.6) is 0 Å². The predicted molar refractivity (Wildman–Crippen MR) is 203 cm³/mol. The summed E-state index contributed by atoms with van der Waals surface area (Å²) in [6.45, 7) is 2.34. The third-order valence-electron chi connectivity index (χ3n) is 8.83. The van der Waals surface area contributed by atoms with Crippen LogP contribution in [0.25, 0.3) is 0 Å². The van der Waals surface area contributed by atoms with E-state index in [0.29, 0.717) is 16.8 Å². The van der Waals surface area contributed by atoms with Crippen LogP contribution in [0, 0.1) is 0 Å². The Labute approximate surface area is 303 Å². The van der Waals surface area contributed by atoms with Crippen molar-refractivity contribution in [3.8, 4) is 0 Å². The van der Waals surface area contributed by atoms with Gasteiger partial charge in [-0.05, 0) is 0 Å². The molecule has 0 saturated heterocycles. The maximum atomic E-state index is 14.3. The molecular formula is C33H37F6IN2O4P2S2. The fourth-order valence-electron chi connectivity index (χ4n) is 6.23. The standard InChI is InChI=1S/C33H37F6IN2O4P2S2/c1-3-31(4-2,42(49(43,44)32(34,35)36)50(45,46)33(37,38)39)41-48(29-21-13-7-14-22-29,30-23-15-8-16-24-30)26-25-47(40,27-17-9-5-10-18-27)28-19-11-6-12-20-28/h5-24,41,47-48H,3-4,25-26H2,1-2H3. The Morgan fingerprint density at radius 2 is 0.860 bits per heavy atom. The van der Waals surface area contributed by atoms with E-state index in [9.17, 15) is 43.2 Å². The number of hydrogen-bond acceptors (Lipinski definition) is 5. The van der Waals surface area contributed by atoms with Gasteiger partial charge in [0.15, 0.2) is 0 Å². The van der Waals surface area contributed by atoms with Crippen molar-refractivity contribution in [2.24, 2.45) is 0 Å². The van der Waals surface area contributed by atoms with Crippen LogP contribution < -0.4 is 26.3 Å². The summed E-state index contributed by atoms with van der Waals surface area (Å²) in [7, 11) is -18.2. The van der Waals surface area contributed by atoms with Crippen molar-refractivity contribution in [1.82, 2.24) is 8.80 Å². The Bertz CT molecular complexity index is 1820. The Morgan fingerprint density at radius 1 is 0.560 bits per heavy atom. The molecule has 1 N–H and O–H groups in total. The molecule has 50 heavy (non-hydrogen) atoms. The van der Waals surface area contributed by atoms with Gasteiger partial charge in [-0.3, -0.25) is 0 Å². The molecule has 4 rings (SSSR count). The molecule has 4 aromatic carbocycles. The second-order valence-corrected chi connectivity index (χ2v) is 27.9. The average Bonchev–Trinajstić information content (AvgIpc) is 3.10. The molecule has 4 aromatic rings. The Balaban J connectivity index is 2.09. The molecule has 274 valence electrons. The van der Waals surface area contributed by atoms with Crippen LogP contribution in [-0.2, 0) is 20.0 Å². The van der Waals surface area contributed by atoms with Crippen LogP contribution >= 0.6 is 34.4 Å². The normalized spacial score (nSPS) is 14.4. The molecule has 0 spiro atoms. The second-order valence-electron chi connectivity index (χ2n) is 11.6. The van der Waals surface area contributed by atoms with Gasteiger partial charge in [-0.1, -0.05) is 0 Å². The second kappa shape index (κ2) is 15.5. The number of halogens is 7. The van der Waals surface area contributed by atoms with Crippen molar-refractivity contribution in [1.29, 1.82) is 0 Å². The number of alkyl halides is 6. The van der Waals surface area contributed by atoms with Gasteiger partial charge in [0.1, 0.15) is 0 Å². The first-order chi connectivity index (χ1) is 23.3. The van der Waals surface area contributed by atoms with Crippen LogP contribution in [-0.4, -0.2) is 49.5 Å². The van der Waals surface area contributed by atoms with E-state index < -0.39 is 65.6 Å². The SMILES string of the molecule is CCC(CC)(N[PH](CC[PH](I)(c1ccccc1)c1ccccc1)(c1ccccc1)c1ccccc1)N(S(=O)(=O)C(F)(F)F)S(=O)(=O)C(F)(F)F. The summed E-state index contributed by atoms with van der Waals surface area (Å²) >= 11 is 2.43. The molecule has 0 amide bonds. The van der Waals surface area contributed by atoms with Gasteiger partial charge in [-0.25, -0.2) is 0 Å². The number of sulfonamides is 2. The first-order valence-electron chi connectivity index (χ1n) is 15.5. The van der Waals surface area contributed by atoms with E-state index in [2.05, 4.69) is 27.1 Å². The molecule has 0 fully saturated rings. The van der Waals surface area contributed by atoms with Crippen molar-refractivity contribution >= 4 is 75.6 Å². The van der Waals surface area contributed by atoms with Crippen LogP contribution in [0.1, 0.15) is 26.7 Å². The van der Waals surface area contributed by atoms with Crippen LogP contribution in [0.3, 0.4) is 0 Å². The quantitative estimate of drug-likeness (QED) is 0.0630. The van der Waals surface area contributed by atoms with Gasteiger partial charge in [-0.2, -0.15) is 0 Å². The summed E-state index contributed by atoms with van der Waals surface area (Å²) in [5.74, 6) is 0. The van der Waals surface area contributed by atoms with Crippen LogP contribution in [0.2, 0.25) is 0 Å². The topological polar surface area (TPSA) is 83.6 Å². The Morgan fingerprint density at radius 3 is 1.14 bits per heavy atom. The molecule has 0 radical (unpaired) electrons. The Kier molecular flexibility index (Phi) is 12.6. The minimum atomic E-state index is -7.13. The fourth-order valence-corrected chi connectivity index (χ4v) is 23.8. The summed E-state index contributed by atoms with van der Waals surface area (Å²) in [5, 5.41) is 6.12. The molecule has 0 aliphatic heterocycles. The first-order valence-corrected chi connectivity index (χ1v) is 25.9. The number of rotatable bonds is 14. The van der Waals surface area contributed by atoms with Crippen molar-refractivity contribution in [2.45, 2.75) is 43.4 Å². The first kappa shape index (κ1) is 40.6. The van der Waals surface area contributed by atoms with Crippen molar-refractivity contribution < 1.29 is 43.2 Å². The zero-order chi connectivity index (χ0) is 37.1. The summed E-state index contributed by atoms with van der Waals surface area (Å²) in [6, 6.07) is 36.0. The fraction of sp³-hybridized carbons (Fsp3) is 0.273. The number of hydrogen-bond donors (Lipinski definition) is 1. The van der Waals surface area contributed by atoms with Gasteiger partial charge in [0.2, 0.25) is 0 Å². The van der Waals surface area contributed by atoms with Gasteiger partial charge < -0.3 is 0 Å². The van der Waals surface area contributed by atoms with Crippen LogP contribution in [0.4, 0.5) is 26.3 Å². The van der Waals surface area contributed by atoms with Crippen LogP contribution in [0.15, 0.2) is 121 Å². The van der Waals surface area contributed by atoms with Crippen molar-refractivity contribution in [3.63, 3.8) is 0 Å². The molecule has 0 unspecified atom stereocenters. The molecule has 17 heteroatoms. The number of nitrogens with zero attached hydrogens (tertiary/aromatic N) is 1. The van der Waals surface area contributed by atoms with Crippen molar-refractivity contribution in [2.75, 3.05) is 12.3 Å². The van der Waals surface area contributed by atoms with E-state index in [1.54, 1.807) is 60.7 Å². The predicted octanol–water partition coefficient (Wildman–Crippen LogP) is 7.16.